The van der Waals surface area contributed by atoms with E-state index < -0.39 is 0 Å². The molecule has 2 aromatic carbocycles. The molecule has 0 aromatic heterocycles. The minimum Gasteiger partial charge on any atom is -0.115 e. The predicted molar refractivity (Wildman–Crippen MR) is 70.3 cm³/mol. The van der Waals surface area contributed by atoms with Gasteiger partial charge in [0.1, 0.15) is 0 Å². The Bertz CT molecular complexity index is 444. The molecule has 2 rings (SSSR count). The lowest BCUT2D eigenvalue weighted by atomic mass is 10.2. The molecule has 0 atom stereocenters. The van der Waals surface area contributed by atoms with E-state index in [1.807, 2.05) is 49.4 Å². The molecular formula is C16H16. The first kappa shape index (κ1) is 12.1. The molecule has 0 spiro atoms. The van der Waals surface area contributed by atoms with Crippen molar-refractivity contribution in [1.29, 1.82) is 0 Å². The van der Waals surface area contributed by atoms with Crippen LogP contribution in [0, 0.1) is 26.2 Å². The summed E-state index contributed by atoms with van der Waals surface area (Å²) in [6.07, 6.45) is 5.15. The van der Waals surface area contributed by atoms with Crippen LogP contribution in [0.15, 0.2) is 54.6 Å². The SMILES string of the molecule is C#Cc1ccc(C)cc1.Cc1ccccc1. The fourth-order valence-electron chi connectivity index (χ4n) is 1.18. The Morgan fingerprint density at radius 3 is 1.62 bits per heavy atom. The number of benzene rings is 2. The minimum absolute atomic E-state index is 0.945. The molecule has 0 heteroatoms. The van der Waals surface area contributed by atoms with E-state index in [2.05, 4.69) is 25.0 Å². The molecule has 0 amide bonds. The zero-order valence-electron chi connectivity index (χ0n) is 9.77. The highest BCUT2D eigenvalue weighted by atomic mass is 13.9. The quantitative estimate of drug-likeness (QED) is 0.575. The molecule has 80 valence electrons. The van der Waals surface area contributed by atoms with Crippen molar-refractivity contribution in [2.45, 2.75) is 13.8 Å². The normalized spacial score (nSPS) is 8.56. The molecule has 0 saturated heterocycles. The average molecular weight is 208 g/mol. The first-order valence-corrected chi connectivity index (χ1v) is 5.27. The lowest BCUT2D eigenvalue weighted by Gasteiger charge is -1.89. The van der Waals surface area contributed by atoms with Crippen molar-refractivity contribution in [1.82, 2.24) is 0 Å². The second-order valence-electron chi connectivity index (χ2n) is 3.67. The van der Waals surface area contributed by atoms with Crippen molar-refractivity contribution in [2.24, 2.45) is 0 Å². The first-order chi connectivity index (χ1) is 7.72. The number of terminal acetylenes is 1. The third-order valence-corrected chi connectivity index (χ3v) is 2.16. The Balaban J connectivity index is 0.000000165. The zero-order chi connectivity index (χ0) is 11.8. The lowest BCUT2D eigenvalue weighted by Crippen LogP contribution is -1.72. The van der Waals surface area contributed by atoms with E-state index in [1.165, 1.54) is 11.1 Å². The van der Waals surface area contributed by atoms with Crippen LogP contribution in [-0.4, -0.2) is 0 Å². The summed E-state index contributed by atoms with van der Waals surface area (Å²) in [4.78, 5) is 0. The van der Waals surface area contributed by atoms with Gasteiger partial charge in [-0.25, -0.2) is 0 Å². The third kappa shape index (κ3) is 4.48. The number of hydrogen-bond donors (Lipinski definition) is 0. The van der Waals surface area contributed by atoms with Crippen LogP contribution in [0.4, 0.5) is 0 Å². The standard InChI is InChI=1S/C9H8.C7H8/c1-3-9-6-4-8(2)5-7-9;1-7-5-3-2-4-6-7/h1,4-7H,2H3;2-6H,1H3. The Morgan fingerprint density at radius 2 is 1.25 bits per heavy atom. The van der Waals surface area contributed by atoms with Crippen molar-refractivity contribution in [3.05, 3.63) is 71.3 Å². The molecule has 0 aliphatic rings. The van der Waals surface area contributed by atoms with Gasteiger partial charge in [-0.3, -0.25) is 0 Å². The fourth-order valence-corrected chi connectivity index (χ4v) is 1.18. The topological polar surface area (TPSA) is 0 Å². The van der Waals surface area contributed by atoms with E-state index in [-0.39, 0.29) is 0 Å². The van der Waals surface area contributed by atoms with Gasteiger partial charge in [0.25, 0.3) is 0 Å². The Labute approximate surface area is 98.0 Å². The highest BCUT2D eigenvalue weighted by molar-refractivity contribution is 5.33. The van der Waals surface area contributed by atoms with Gasteiger partial charge in [0.2, 0.25) is 0 Å². The van der Waals surface area contributed by atoms with Gasteiger partial charge >= 0.3 is 0 Å². The molecule has 0 nitrogen and oxygen atoms in total. The maximum absolute atomic E-state index is 5.15. The summed E-state index contributed by atoms with van der Waals surface area (Å²) in [7, 11) is 0. The van der Waals surface area contributed by atoms with Crippen LogP contribution in [0.3, 0.4) is 0 Å². The Kier molecular flexibility index (Phi) is 4.89. The number of hydrogen-bond acceptors (Lipinski definition) is 0. The van der Waals surface area contributed by atoms with Gasteiger partial charge in [-0.15, -0.1) is 6.42 Å². The molecule has 0 bridgehead atoms. The molecule has 0 saturated carbocycles. The van der Waals surface area contributed by atoms with Crippen molar-refractivity contribution in [2.75, 3.05) is 0 Å². The maximum atomic E-state index is 5.15. The summed E-state index contributed by atoms with van der Waals surface area (Å²) in [6.45, 7) is 4.13. The van der Waals surface area contributed by atoms with Crippen LogP contribution in [0.1, 0.15) is 16.7 Å². The van der Waals surface area contributed by atoms with Crippen molar-refractivity contribution >= 4 is 0 Å². The fraction of sp³-hybridized carbons (Fsp3) is 0.125. The highest BCUT2D eigenvalue weighted by Crippen LogP contribution is 1.99. The van der Waals surface area contributed by atoms with Crippen LogP contribution >= 0.6 is 0 Å². The second-order valence-corrected chi connectivity index (χ2v) is 3.67. The third-order valence-electron chi connectivity index (χ3n) is 2.16. The van der Waals surface area contributed by atoms with Gasteiger partial charge in [-0.1, -0.05) is 59.5 Å². The molecule has 0 radical (unpaired) electrons. The molecule has 16 heavy (non-hydrogen) atoms. The molecular weight excluding hydrogens is 192 g/mol. The van der Waals surface area contributed by atoms with Crippen molar-refractivity contribution < 1.29 is 0 Å². The van der Waals surface area contributed by atoms with Crippen LogP contribution in [0.25, 0.3) is 0 Å². The summed E-state index contributed by atoms with van der Waals surface area (Å²) in [5.41, 5.74) is 3.51. The van der Waals surface area contributed by atoms with E-state index >= 15 is 0 Å². The maximum Gasteiger partial charge on any atom is 0.0242 e. The van der Waals surface area contributed by atoms with E-state index in [4.69, 9.17) is 6.42 Å². The summed E-state index contributed by atoms with van der Waals surface area (Å²) in [6, 6.07) is 18.2. The highest BCUT2D eigenvalue weighted by Gasteiger charge is 1.82. The number of aryl methyl sites for hydroxylation is 2. The molecule has 0 heterocycles. The van der Waals surface area contributed by atoms with Crippen molar-refractivity contribution in [3.8, 4) is 12.3 Å². The smallest absolute Gasteiger partial charge is 0.0242 e. The van der Waals surface area contributed by atoms with Crippen LogP contribution in [0.5, 0.6) is 0 Å². The summed E-state index contributed by atoms with van der Waals surface area (Å²) < 4.78 is 0. The summed E-state index contributed by atoms with van der Waals surface area (Å²) >= 11 is 0. The van der Waals surface area contributed by atoms with E-state index in [0.29, 0.717) is 0 Å². The average Bonchev–Trinajstić information content (AvgIpc) is 2.32. The van der Waals surface area contributed by atoms with Gasteiger partial charge in [-0.2, -0.15) is 0 Å². The van der Waals surface area contributed by atoms with E-state index in [9.17, 15) is 0 Å². The van der Waals surface area contributed by atoms with Crippen LogP contribution in [-0.2, 0) is 0 Å². The molecule has 0 unspecified atom stereocenters. The molecule has 0 aliphatic heterocycles. The predicted octanol–water partition coefficient (Wildman–Crippen LogP) is 3.97. The molecule has 2 aromatic rings. The largest absolute Gasteiger partial charge is 0.115 e. The first-order valence-electron chi connectivity index (χ1n) is 5.27. The van der Waals surface area contributed by atoms with Crippen LogP contribution in [0.2, 0.25) is 0 Å². The van der Waals surface area contributed by atoms with Gasteiger partial charge < -0.3 is 0 Å². The van der Waals surface area contributed by atoms with Crippen molar-refractivity contribution in [3.63, 3.8) is 0 Å². The zero-order valence-corrected chi connectivity index (χ0v) is 9.77. The van der Waals surface area contributed by atoms with E-state index in [1.54, 1.807) is 0 Å². The minimum atomic E-state index is 0.945. The van der Waals surface area contributed by atoms with Gasteiger partial charge in [0.05, 0.1) is 0 Å². The van der Waals surface area contributed by atoms with E-state index in [0.717, 1.165) is 5.56 Å². The summed E-state index contributed by atoms with van der Waals surface area (Å²) in [5, 5.41) is 0. The number of rotatable bonds is 0. The van der Waals surface area contributed by atoms with Gasteiger partial charge in [-0.05, 0) is 26.0 Å². The van der Waals surface area contributed by atoms with Gasteiger partial charge in [0, 0.05) is 5.56 Å². The monoisotopic (exact) mass is 208 g/mol. The summed E-state index contributed by atoms with van der Waals surface area (Å²) in [5.74, 6) is 2.55. The van der Waals surface area contributed by atoms with Gasteiger partial charge in [0.15, 0.2) is 0 Å². The second kappa shape index (κ2) is 6.48. The Hall–Kier alpha value is -2.00. The molecule has 0 N–H and O–H groups in total. The van der Waals surface area contributed by atoms with Crippen LogP contribution < -0.4 is 0 Å². The molecule has 0 aliphatic carbocycles. The lowest BCUT2D eigenvalue weighted by molar-refractivity contribution is 1.46. The molecule has 0 fully saturated rings. The Morgan fingerprint density at radius 1 is 0.750 bits per heavy atom.